The largest absolute Gasteiger partial charge is 0.372 e. The van der Waals surface area contributed by atoms with Crippen molar-refractivity contribution >= 4 is 17.0 Å². The molecule has 3 heteroatoms. The summed E-state index contributed by atoms with van der Waals surface area (Å²) in [5, 5.41) is 0. The molecule has 21 heavy (non-hydrogen) atoms. The van der Waals surface area contributed by atoms with E-state index in [0.717, 1.165) is 13.2 Å². The summed E-state index contributed by atoms with van der Waals surface area (Å²) in [6.07, 6.45) is 17.8. The van der Waals surface area contributed by atoms with E-state index in [1.54, 1.807) is 0 Å². The second-order valence-corrected chi connectivity index (χ2v) is 6.61. The molecule has 1 heterocycles. The molecule has 0 N–H and O–H groups in total. The van der Waals surface area contributed by atoms with Gasteiger partial charge in [0.15, 0.2) is 0 Å². The van der Waals surface area contributed by atoms with Crippen LogP contribution in [0, 0.1) is 0 Å². The standard InChI is InChI=1S/C18H37NO.BrH/c1-3-4-5-6-7-8-9-10-11-12-13-14-15-19(2)16-18-17-20-18;/h18H,3-17H2,1-2H3;1H. The lowest BCUT2D eigenvalue weighted by Gasteiger charge is -2.14. The fraction of sp³-hybridized carbons (Fsp3) is 1.00. The van der Waals surface area contributed by atoms with Crippen LogP contribution in [0.3, 0.4) is 0 Å². The summed E-state index contributed by atoms with van der Waals surface area (Å²) in [5.74, 6) is 0. The topological polar surface area (TPSA) is 15.8 Å². The van der Waals surface area contributed by atoms with Gasteiger partial charge in [0.25, 0.3) is 0 Å². The van der Waals surface area contributed by atoms with E-state index in [0.29, 0.717) is 6.10 Å². The van der Waals surface area contributed by atoms with Crippen LogP contribution in [0.5, 0.6) is 0 Å². The molecular weight excluding hydrogens is 326 g/mol. The van der Waals surface area contributed by atoms with Crippen molar-refractivity contribution in [2.45, 2.75) is 90.1 Å². The predicted molar refractivity (Wildman–Crippen MR) is 98.6 cm³/mol. The number of unbranched alkanes of at least 4 members (excludes halogenated alkanes) is 11. The van der Waals surface area contributed by atoms with Crippen LogP contribution >= 0.6 is 17.0 Å². The van der Waals surface area contributed by atoms with Crippen molar-refractivity contribution < 1.29 is 4.74 Å². The maximum absolute atomic E-state index is 5.25. The van der Waals surface area contributed by atoms with E-state index in [1.807, 2.05) is 0 Å². The summed E-state index contributed by atoms with van der Waals surface area (Å²) < 4.78 is 5.25. The highest BCUT2D eigenvalue weighted by molar-refractivity contribution is 8.93. The number of nitrogens with zero attached hydrogens (tertiary/aromatic N) is 1. The van der Waals surface area contributed by atoms with Crippen molar-refractivity contribution in [3.8, 4) is 0 Å². The summed E-state index contributed by atoms with van der Waals surface area (Å²) in [4.78, 5) is 2.42. The molecule has 1 atom stereocenters. The lowest BCUT2D eigenvalue weighted by molar-refractivity contribution is 0.278. The molecule has 1 saturated heterocycles. The molecule has 0 saturated carbocycles. The molecule has 0 spiro atoms. The van der Waals surface area contributed by atoms with Crippen molar-refractivity contribution in [1.82, 2.24) is 4.90 Å². The molecule has 1 unspecified atom stereocenters. The number of likely N-dealkylation sites (N-methyl/N-ethyl adjacent to an activating group) is 1. The fourth-order valence-corrected chi connectivity index (χ4v) is 2.84. The Morgan fingerprint density at radius 2 is 1.24 bits per heavy atom. The molecule has 0 aliphatic carbocycles. The monoisotopic (exact) mass is 363 g/mol. The molecule has 2 nitrogen and oxygen atoms in total. The number of epoxide rings is 1. The van der Waals surface area contributed by atoms with Gasteiger partial charge in [-0.25, -0.2) is 0 Å². The first-order valence-electron chi connectivity index (χ1n) is 9.13. The Bertz CT molecular complexity index is 209. The molecule has 1 aliphatic heterocycles. The smallest absolute Gasteiger partial charge is 0.0936 e. The van der Waals surface area contributed by atoms with Crippen molar-refractivity contribution in [2.24, 2.45) is 0 Å². The predicted octanol–water partition coefficient (Wildman–Crippen LogP) is 5.60. The maximum Gasteiger partial charge on any atom is 0.0936 e. The summed E-state index contributed by atoms with van der Waals surface area (Å²) >= 11 is 0. The average molecular weight is 364 g/mol. The summed E-state index contributed by atoms with van der Waals surface area (Å²) in [7, 11) is 2.22. The van der Waals surface area contributed by atoms with E-state index >= 15 is 0 Å². The van der Waals surface area contributed by atoms with Gasteiger partial charge in [0.2, 0.25) is 0 Å². The minimum absolute atomic E-state index is 0. The van der Waals surface area contributed by atoms with Crippen LogP contribution in [-0.2, 0) is 4.74 Å². The summed E-state index contributed by atoms with van der Waals surface area (Å²) in [5.41, 5.74) is 0. The van der Waals surface area contributed by atoms with Gasteiger partial charge < -0.3 is 9.64 Å². The molecular formula is C18H38BrNO. The van der Waals surface area contributed by atoms with Gasteiger partial charge in [-0.2, -0.15) is 0 Å². The molecule has 0 aromatic carbocycles. The van der Waals surface area contributed by atoms with Crippen LogP contribution in [0.25, 0.3) is 0 Å². The maximum atomic E-state index is 5.25. The third-order valence-corrected chi connectivity index (χ3v) is 4.31. The zero-order valence-electron chi connectivity index (χ0n) is 14.4. The molecule has 0 amide bonds. The van der Waals surface area contributed by atoms with Crippen LogP contribution in [0.2, 0.25) is 0 Å². The fourth-order valence-electron chi connectivity index (χ4n) is 2.84. The third kappa shape index (κ3) is 15.1. The first kappa shape index (κ1) is 21.4. The van der Waals surface area contributed by atoms with E-state index in [9.17, 15) is 0 Å². The molecule has 1 rings (SSSR count). The van der Waals surface area contributed by atoms with Crippen LogP contribution in [0.1, 0.15) is 84.0 Å². The molecule has 1 fully saturated rings. The Morgan fingerprint density at radius 3 is 1.67 bits per heavy atom. The minimum atomic E-state index is 0. The van der Waals surface area contributed by atoms with Gasteiger partial charge in [0, 0.05) is 6.54 Å². The highest BCUT2D eigenvalue weighted by Gasteiger charge is 2.23. The van der Waals surface area contributed by atoms with Gasteiger partial charge in [-0.15, -0.1) is 17.0 Å². The zero-order chi connectivity index (χ0) is 14.5. The van der Waals surface area contributed by atoms with E-state index in [1.165, 1.54) is 83.6 Å². The lowest BCUT2D eigenvalue weighted by Crippen LogP contribution is -2.24. The molecule has 0 aromatic rings. The van der Waals surface area contributed by atoms with E-state index in [4.69, 9.17) is 4.74 Å². The minimum Gasteiger partial charge on any atom is -0.372 e. The van der Waals surface area contributed by atoms with Gasteiger partial charge in [0.05, 0.1) is 12.7 Å². The number of hydrogen-bond donors (Lipinski definition) is 0. The van der Waals surface area contributed by atoms with Crippen molar-refractivity contribution in [3.05, 3.63) is 0 Å². The Balaban J connectivity index is 0.00000400. The molecule has 0 radical (unpaired) electrons. The molecule has 1 aliphatic rings. The molecule has 128 valence electrons. The third-order valence-electron chi connectivity index (χ3n) is 4.31. The second kappa shape index (κ2) is 15.3. The average Bonchev–Trinajstić information content (AvgIpc) is 3.24. The molecule has 0 aromatic heterocycles. The summed E-state index contributed by atoms with van der Waals surface area (Å²) in [6.45, 7) is 5.66. The number of hydrogen-bond acceptors (Lipinski definition) is 2. The highest BCUT2D eigenvalue weighted by Crippen LogP contribution is 2.13. The first-order chi connectivity index (χ1) is 9.83. The number of rotatable bonds is 15. The van der Waals surface area contributed by atoms with Gasteiger partial charge in [-0.1, -0.05) is 77.6 Å². The Kier molecular flexibility index (Phi) is 15.6. The van der Waals surface area contributed by atoms with Crippen molar-refractivity contribution in [2.75, 3.05) is 26.7 Å². The quantitative estimate of drug-likeness (QED) is 0.278. The van der Waals surface area contributed by atoms with Gasteiger partial charge in [-0.3, -0.25) is 0 Å². The Morgan fingerprint density at radius 1 is 0.810 bits per heavy atom. The van der Waals surface area contributed by atoms with Crippen LogP contribution < -0.4 is 0 Å². The Labute approximate surface area is 143 Å². The van der Waals surface area contributed by atoms with E-state index < -0.39 is 0 Å². The first-order valence-corrected chi connectivity index (χ1v) is 9.13. The second-order valence-electron chi connectivity index (χ2n) is 6.61. The molecule has 0 bridgehead atoms. The van der Waals surface area contributed by atoms with Crippen molar-refractivity contribution in [3.63, 3.8) is 0 Å². The van der Waals surface area contributed by atoms with Crippen LogP contribution in [0.15, 0.2) is 0 Å². The lowest BCUT2D eigenvalue weighted by atomic mass is 10.1. The normalized spacial score (nSPS) is 17.0. The SMILES string of the molecule is Br.CCCCCCCCCCCCCCN(C)CC1CO1. The summed E-state index contributed by atoms with van der Waals surface area (Å²) in [6, 6.07) is 0. The number of halogens is 1. The number of ether oxygens (including phenoxy) is 1. The van der Waals surface area contributed by atoms with Crippen LogP contribution in [0.4, 0.5) is 0 Å². The van der Waals surface area contributed by atoms with Gasteiger partial charge >= 0.3 is 0 Å². The highest BCUT2D eigenvalue weighted by atomic mass is 79.9. The van der Waals surface area contributed by atoms with Crippen LogP contribution in [-0.4, -0.2) is 37.7 Å². The van der Waals surface area contributed by atoms with Crippen molar-refractivity contribution in [1.29, 1.82) is 0 Å². The Hall–Kier alpha value is 0.400. The zero-order valence-corrected chi connectivity index (χ0v) is 16.2. The van der Waals surface area contributed by atoms with E-state index in [-0.39, 0.29) is 17.0 Å². The van der Waals surface area contributed by atoms with E-state index in [2.05, 4.69) is 18.9 Å². The van der Waals surface area contributed by atoms with Gasteiger partial charge in [0.1, 0.15) is 0 Å². The van der Waals surface area contributed by atoms with Gasteiger partial charge in [-0.05, 0) is 20.0 Å².